The third-order valence-corrected chi connectivity index (χ3v) is 5.09. The Balaban J connectivity index is 1.59. The minimum Gasteiger partial charge on any atom is -0.207 e. The predicted molar refractivity (Wildman–Crippen MR) is 72.9 cm³/mol. The molecule has 2 fully saturated rings. The highest BCUT2D eigenvalue weighted by atomic mass is 19.1. The lowest BCUT2D eigenvalue weighted by Gasteiger charge is -2.39. The smallest absolute Gasteiger partial charge is 0.123 e. The molecule has 3 atom stereocenters. The molecule has 0 spiro atoms. The number of hydrogen-bond acceptors (Lipinski definition) is 0. The standard InChI is InChI=1S/C17H23F/c18-17-9-6-13(7-10-17)11-14-5-8-15-3-1-2-4-16(15)12-14/h6-7,9-10,14-16H,1-5,8,11-12H2. The van der Waals surface area contributed by atoms with Crippen LogP contribution in [-0.2, 0) is 6.42 Å². The predicted octanol–water partition coefficient (Wildman–Crippen LogP) is 4.97. The number of rotatable bonds is 2. The third kappa shape index (κ3) is 2.76. The molecule has 1 heteroatoms. The molecule has 2 saturated carbocycles. The monoisotopic (exact) mass is 246 g/mol. The molecule has 0 heterocycles. The third-order valence-electron chi connectivity index (χ3n) is 5.09. The molecule has 0 aromatic heterocycles. The first-order valence-corrected chi connectivity index (χ1v) is 7.55. The average molecular weight is 246 g/mol. The zero-order valence-corrected chi connectivity index (χ0v) is 11.1. The van der Waals surface area contributed by atoms with Gasteiger partial charge in [0.05, 0.1) is 0 Å². The van der Waals surface area contributed by atoms with Gasteiger partial charge in [0.2, 0.25) is 0 Å². The SMILES string of the molecule is Fc1ccc(CC2CCC3CCCCC3C2)cc1. The van der Waals surface area contributed by atoms with Gasteiger partial charge in [0.15, 0.2) is 0 Å². The highest BCUT2D eigenvalue weighted by molar-refractivity contribution is 5.16. The number of halogens is 1. The summed E-state index contributed by atoms with van der Waals surface area (Å²) in [5.74, 6) is 2.76. The van der Waals surface area contributed by atoms with Crippen LogP contribution in [0.1, 0.15) is 50.5 Å². The first kappa shape index (κ1) is 12.2. The Bertz CT molecular complexity index is 381. The molecular weight excluding hydrogens is 223 g/mol. The van der Waals surface area contributed by atoms with Crippen molar-refractivity contribution < 1.29 is 4.39 Å². The molecule has 0 nitrogen and oxygen atoms in total. The highest BCUT2D eigenvalue weighted by Gasteiger charge is 2.31. The minimum absolute atomic E-state index is 0.116. The second-order valence-electron chi connectivity index (χ2n) is 6.31. The van der Waals surface area contributed by atoms with Gasteiger partial charge in [0, 0.05) is 0 Å². The van der Waals surface area contributed by atoms with E-state index in [2.05, 4.69) is 0 Å². The highest BCUT2D eigenvalue weighted by Crippen LogP contribution is 2.43. The fourth-order valence-electron chi connectivity index (χ4n) is 4.11. The first-order chi connectivity index (χ1) is 8.81. The van der Waals surface area contributed by atoms with Gasteiger partial charge in [-0.15, -0.1) is 0 Å². The van der Waals surface area contributed by atoms with Crippen LogP contribution in [0.2, 0.25) is 0 Å². The summed E-state index contributed by atoms with van der Waals surface area (Å²) in [5, 5.41) is 0. The van der Waals surface area contributed by atoms with E-state index in [1.165, 1.54) is 50.5 Å². The molecule has 0 radical (unpaired) electrons. The Morgan fingerprint density at radius 2 is 1.61 bits per heavy atom. The number of benzene rings is 1. The fourth-order valence-corrected chi connectivity index (χ4v) is 4.11. The molecule has 98 valence electrons. The van der Waals surface area contributed by atoms with E-state index in [0.717, 1.165) is 24.2 Å². The zero-order chi connectivity index (χ0) is 12.4. The number of fused-ring (bicyclic) bond motifs is 1. The Kier molecular flexibility index (Phi) is 3.67. The molecule has 0 aliphatic heterocycles. The van der Waals surface area contributed by atoms with Crippen LogP contribution in [0.4, 0.5) is 4.39 Å². The molecule has 0 amide bonds. The molecule has 3 rings (SSSR count). The van der Waals surface area contributed by atoms with Gasteiger partial charge in [-0.1, -0.05) is 37.8 Å². The van der Waals surface area contributed by atoms with Crippen molar-refractivity contribution in [3.8, 4) is 0 Å². The van der Waals surface area contributed by atoms with E-state index >= 15 is 0 Å². The molecule has 3 unspecified atom stereocenters. The quantitative estimate of drug-likeness (QED) is 0.690. The van der Waals surface area contributed by atoms with Crippen LogP contribution < -0.4 is 0 Å². The van der Waals surface area contributed by atoms with E-state index < -0.39 is 0 Å². The maximum atomic E-state index is 12.9. The second-order valence-corrected chi connectivity index (χ2v) is 6.31. The van der Waals surface area contributed by atoms with Crippen molar-refractivity contribution in [3.05, 3.63) is 35.6 Å². The molecule has 2 aliphatic rings. The molecule has 1 aromatic carbocycles. The van der Waals surface area contributed by atoms with Crippen molar-refractivity contribution in [1.29, 1.82) is 0 Å². The Hall–Kier alpha value is -0.850. The van der Waals surface area contributed by atoms with Crippen LogP contribution in [-0.4, -0.2) is 0 Å². The molecule has 2 aliphatic carbocycles. The Morgan fingerprint density at radius 1 is 0.889 bits per heavy atom. The largest absolute Gasteiger partial charge is 0.207 e. The summed E-state index contributed by atoms with van der Waals surface area (Å²) in [7, 11) is 0. The van der Waals surface area contributed by atoms with E-state index in [-0.39, 0.29) is 5.82 Å². The van der Waals surface area contributed by atoms with Crippen molar-refractivity contribution in [1.82, 2.24) is 0 Å². The number of hydrogen-bond donors (Lipinski definition) is 0. The summed E-state index contributed by atoms with van der Waals surface area (Å²) in [6, 6.07) is 7.12. The molecule has 0 saturated heterocycles. The van der Waals surface area contributed by atoms with Gasteiger partial charge in [-0.3, -0.25) is 0 Å². The minimum atomic E-state index is -0.116. The lowest BCUT2D eigenvalue weighted by atomic mass is 9.66. The van der Waals surface area contributed by atoms with Gasteiger partial charge in [0.1, 0.15) is 5.82 Å². The maximum absolute atomic E-state index is 12.9. The van der Waals surface area contributed by atoms with Crippen molar-refractivity contribution in [3.63, 3.8) is 0 Å². The van der Waals surface area contributed by atoms with Crippen LogP contribution in [0.15, 0.2) is 24.3 Å². The van der Waals surface area contributed by atoms with Crippen LogP contribution in [0, 0.1) is 23.6 Å². The van der Waals surface area contributed by atoms with E-state index in [1.54, 1.807) is 12.1 Å². The summed E-state index contributed by atoms with van der Waals surface area (Å²) in [4.78, 5) is 0. The van der Waals surface area contributed by atoms with Crippen molar-refractivity contribution in [2.75, 3.05) is 0 Å². The lowest BCUT2D eigenvalue weighted by Crippen LogP contribution is -2.28. The molecule has 1 aromatic rings. The Labute approximate surface area is 110 Å². The van der Waals surface area contributed by atoms with Crippen molar-refractivity contribution >= 4 is 0 Å². The van der Waals surface area contributed by atoms with Gasteiger partial charge >= 0.3 is 0 Å². The summed E-state index contributed by atoms with van der Waals surface area (Å²) in [5.41, 5.74) is 1.32. The molecular formula is C17H23F. The van der Waals surface area contributed by atoms with Gasteiger partial charge < -0.3 is 0 Å². The summed E-state index contributed by atoms with van der Waals surface area (Å²) in [6.07, 6.45) is 11.3. The van der Waals surface area contributed by atoms with Crippen LogP contribution in [0.3, 0.4) is 0 Å². The summed E-state index contributed by atoms with van der Waals surface area (Å²) < 4.78 is 12.9. The van der Waals surface area contributed by atoms with Gasteiger partial charge in [-0.25, -0.2) is 4.39 Å². The van der Waals surface area contributed by atoms with Crippen LogP contribution >= 0.6 is 0 Å². The van der Waals surface area contributed by atoms with Crippen LogP contribution in [0.5, 0.6) is 0 Å². The lowest BCUT2D eigenvalue weighted by molar-refractivity contribution is 0.129. The molecule has 0 N–H and O–H groups in total. The van der Waals surface area contributed by atoms with Gasteiger partial charge in [0.25, 0.3) is 0 Å². The maximum Gasteiger partial charge on any atom is 0.123 e. The Morgan fingerprint density at radius 3 is 2.39 bits per heavy atom. The van der Waals surface area contributed by atoms with E-state index in [4.69, 9.17) is 0 Å². The van der Waals surface area contributed by atoms with E-state index in [0.29, 0.717) is 0 Å². The summed E-state index contributed by atoms with van der Waals surface area (Å²) >= 11 is 0. The average Bonchev–Trinajstić information content (AvgIpc) is 2.41. The first-order valence-electron chi connectivity index (χ1n) is 7.55. The normalized spacial score (nSPS) is 31.9. The van der Waals surface area contributed by atoms with Gasteiger partial charge in [-0.05, 0) is 61.1 Å². The zero-order valence-electron chi connectivity index (χ0n) is 11.1. The fraction of sp³-hybridized carbons (Fsp3) is 0.647. The van der Waals surface area contributed by atoms with Crippen molar-refractivity contribution in [2.24, 2.45) is 17.8 Å². The van der Waals surface area contributed by atoms with Crippen LogP contribution in [0.25, 0.3) is 0 Å². The van der Waals surface area contributed by atoms with E-state index in [9.17, 15) is 4.39 Å². The van der Waals surface area contributed by atoms with E-state index in [1.807, 2.05) is 12.1 Å². The second kappa shape index (κ2) is 5.42. The molecule has 18 heavy (non-hydrogen) atoms. The topological polar surface area (TPSA) is 0 Å². The molecule has 0 bridgehead atoms. The van der Waals surface area contributed by atoms with Crippen molar-refractivity contribution in [2.45, 2.75) is 51.4 Å². The summed E-state index contributed by atoms with van der Waals surface area (Å²) in [6.45, 7) is 0. The van der Waals surface area contributed by atoms with Gasteiger partial charge in [-0.2, -0.15) is 0 Å².